The van der Waals surface area contributed by atoms with Crippen molar-refractivity contribution in [1.82, 2.24) is 4.98 Å². The average molecular weight is 179 g/mol. The molecule has 72 valence electrons. The summed E-state index contributed by atoms with van der Waals surface area (Å²) in [7, 11) is 3.99. The van der Waals surface area contributed by atoms with Gasteiger partial charge >= 0.3 is 0 Å². The third-order valence-corrected chi connectivity index (χ3v) is 2.01. The van der Waals surface area contributed by atoms with Crippen molar-refractivity contribution < 1.29 is 0 Å². The highest BCUT2D eigenvalue weighted by molar-refractivity contribution is 5.54. The Kier molecular flexibility index (Phi) is 3.55. The highest BCUT2D eigenvalue weighted by Crippen LogP contribution is 2.15. The van der Waals surface area contributed by atoms with E-state index < -0.39 is 0 Å². The molecule has 0 radical (unpaired) electrons. The first-order valence-electron chi connectivity index (χ1n) is 4.62. The summed E-state index contributed by atoms with van der Waals surface area (Å²) in [6, 6.07) is 2.10. The largest absolute Gasteiger partial charge is 0.387 e. The number of pyridine rings is 1. The van der Waals surface area contributed by atoms with Gasteiger partial charge < -0.3 is 10.2 Å². The maximum absolute atomic E-state index is 4.15. The van der Waals surface area contributed by atoms with Crippen LogP contribution in [-0.2, 0) is 0 Å². The maximum atomic E-state index is 4.15. The molecule has 0 bridgehead atoms. The summed E-state index contributed by atoms with van der Waals surface area (Å²) in [5, 5.41) is 3.08. The van der Waals surface area contributed by atoms with Gasteiger partial charge in [-0.3, -0.25) is 4.98 Å². The molecule has 0 unspecified atom stereocenters. The Morgan fingerprint density at radius 3 is 2.85 bits per heavy atom. The Morgan fingerprint density at radius 1 is 1.46 bits per heavy atom. The third-order valence-electron chi connectivity index (χ3n) is 2.01. The summed E-state index contributed by atoms with van der Waals surface area (Å²) >= 11 is 0. The number of rotatable bonds is 4. The summed E-state index contributed by atoms with van der Waals surface area (Å²) in [6.07, 6.45) is 4.86. The van der Waals surface area contributed by atoms with E-state index in [0.29, 0.717) is 0 Å². The van der Waals surface area contributed by atoms with Crippen LogP contribution in [-0.4, -0.2) is 25.6 Å². The molecule has 0 amide bonds. The van der Waals surface area contributed by atoms with Crippen molar-refractivity contribution in [3.05, 3.63) is 18.5 Å². The SMILES string of the molecule is CCCN(C)c1cncc(NC)c1. The average Bonchev–Trinajstić information content (AvgIpc) is 2.18. The number of hydrogen-bond acceptors (Lipinski definition) is 3. The quantitative estimate of drug-likeness (QED) is 0.766. The molecule has 1 heterocycles. The predicted octanol–water partition coefficient (Wildman–Crippen LogP) is 1.97. The first-order valence-corrected chi connectivity index (χ1v) is 4.62. The van der Waals surface area contributed by atoms with E-state index in [1.807, 2.05) is 19.4 Å². The highest BCUT2D eigenvalue weighted by atomic mass is 15.1. The lowest BCUT2D eigenvalue weighted by Gasteiger charge is -2.18. The minimum Gasteiger partial charge on any atom is -0.387 e. The molecule has 0 saturated heterocycles. The highest BCUT2D eigenvalue weighted by Gasteiger charge is 1.99. The molecule has 1 rings (SSSR count). The molecular weight excluding hydrogens is 162 g/mol. The monoisotopic (exact) mass is 179 g/mol. The van der Waals surface area contributed by atoms with Gasteiger partial charge in [-0.05, 0) is 12.5 Å². The molecule has 0 aliphatic carbocycles. The van der Waals surface area contributed by atoms with E-state index in [1.54, 1.807) is 0 Å². The molecule has 0 aliphatic heterocycles. The number of anilines is 2. The molecule has 0 fully saturated rings. The van der Waals surface area contributed by atoms with Crippen molar-refractivity contribution in [2.45, 2.75) is 13.3 Å². The Hall–Kier alpha value is -1.25. The fourth-order valence-electron chi connectivity index (χ4n) is 1.24. The lowest BCUT2D eigenvalue weighted by atomic mass is 10.3. The van der Waals surface area contributed by atoms with E-state index in [1.165, 1.54) is 0 Å². The van der Waals surface area contributed by atoms with E-state index in [0.717, 1.165) is 24.3 Å². The van der Waals surface area contributed by atoms with Gasteiger partial charge in [-0.2, -0.15) is 0 Å². The van der Waals surface area contributed by atoms with Crippen LogP contribution in [0.4, 0.5) is 11.4 Å². The fourth-order valence-corrected chi connectivity index (χ4v) is 1.24. The van der Waals surface area contributed by atoms with Crippen LogP contribution >= 0.6 is 0 Å². The molecule has 3 heteroatoms. The van der Waals surface area contributed by atoms with Crippen molar-refractivity contribution in [3.8, 4) is 0 Å². The molecule has 1 aromatic rings. The molecule has 0 aliphatic rings. The first kappa shape index (κ1) is 9.84. The van der Waals surface area contributed by atoms with Crippen LogP contribution in [0, 0.1) is 0 Å². The molecular formula is C10H17N3. The zero-order valence-electron chi connectivity index (χ0n) is 8.54. The topological polar surface area (TPSA) is 28.2 Å². The summed E-state index contributed by atoms with van der Waals surface area (Å²) in [5.41, 5.74) is 2.22. The normalized spacial score (nSPS) is 9.77. The Labute approximate surface area is 79.8 Å². The lowest BCUT2D eigenvalue weighted by Crippen LogP contribution is -2.17. The van der Waals surface area contributed by atoms with Crippen LogP contribution in [0.5, 0.6) is 0 Å². The standard InChI is InChI=1S/C10H17N3/c1-4-5-13(3)10-6-9(11-2)7-12-8-10/h6-8,11H,4-5H2,1-3H3. The zero-order chi connectivity index (χ0) is 9.68. The van der Waals surface area contributed by atoms with Gasteiger partial charge in [-0.1, -0.05) is 6.92 Å². The van der Waals surface area contributed by atoms with Gasteiger partial charge in [-0.25, -0.2) is 0 Å². The van der Waals surface area contributed by atoms with E-state index in [-0.39, 0.29) is 0 Å². The number of nitrogens with one attached hydrogen (secondary N) is 1. The lowest BCUT2D eigenvalue weighted by molar-refractivity contribution is 0.850. The number of aromatic nitrogens is 1. The second-order valence-electron chi connectivity index (χ2n) is 3.10. The van der Waals surface area contributed by atoms with E-state index >= 15 is 0 Å². The molecule has 0 atom stereocenters. The van der Waals surface area contributed by atoms with Crippen LogP contribution in [0.1, 0.15) is 13.3 Å². The molecule has 0 spiro atoms. The molecule has 0 aromatic carbocycles. The van der Waals surface area contributed by atoms with Gasteiger partial charge in [0.05, 0.1) is 23.8 Å². The number of hydrogen-bond donors (Lipinski definition) is 1. The van der Waals surface area contributed by atoms with Crippen LogP contribution < -0.4 is 10.2 Å². The molecule has 1 aromatic heterocycles. The van der Waals surface area contributed by atoms with Crippen molar-refractivity contribution in [2.75, 3.05) is 30.9 Å². The van der Waals surface area contributed by atoms with Crippen molar-refractivity contribution in [2.24, 2.45) is 0 Å². The smallest absolute Gasteiger partial charge is 0.0570 e. The van der Waals surface area contributed by atoms with E-state index in [9.17, 15) is 0 Å². The number of nitrogens with zero attached hydrogens (tertiary/aromatic N) is 2. The van der Waals surface area contributed by atoms with Gasteiger partial charge in [0.2, 0.25) is 0 Å². The molecule has 1 N–H and O–H groups in total. The maximum Gasteiger partial charge on any atom is 0.0570 e. The zero-order valence-corrected chi connectivity index (χ0v) is 8.54. The van der Waals surface area contributed by atoms with Gasteiger partial charge in [0, 0.05) is 20.6 Å². The third kappa shape index (κ3) is 2.61. The predicted molar refractivity (Wildman–Crippen MR) is 57.3 cm³/mol. The summed E-state index contributed by atoms with van der Waals surface area (Å²) in [4.78, 5) is 6.36. The van der Waals surface area contributed by atoms with Crippen molar-refractivity contribution in [1.29, 1.82) is 0 Å². The minimum absolute atomic E-state index is 1.06. The second kappa shape index (κ2) is 4.70. The van der Waals surface area contributed by atoms with Gasteiger partial charge in [0.15, 0.2) is 0 Å². The van der Waals surface area contributed by atoms with Crippen LogP contribution in [0.3, 0.4) is 0 Å². The van der Waals surface area contributed by atoms with E-state index in [4.69, 9.17) is 0 Å². The molecule has 0 saturated carbocycles. The minimum atomic E-state index is 1.06. The summed E-state index contributed by atoms with van der Waals surface area (Å²) < 4.78 is 0. The summed E-state index contributed by atoms with van der Waals surface area (Å²) in [6.45, 7) is 3.24. The second-order valence-corrected chi connectivity index (χ2v) is 3.10. The first-order chi connectivity index (χ1) is 6.27. The van der Waals surface area contributed by atoms with Crippen LogP contribution in [0.15, 0.2) is 18.5 Å². The Morgan fingerprint density at radius 2 is 2.23 bits per heavy atom. The van der Waals surface area contributed by atoms with E-state index in [2.05, 4.69) is 35.2 Å². The van der Waals surface area contributed by atoms with Gasteiger partial charge in [-0.15, -0.1) is 0 Å². The van der Waals surface area contributed by atoms with Gasteiger partial charge in [0.25, 0.3) is 0 Å². The van der Waals surface area contributed by atoms with Crippen LogP contribution in [0.25, 0.3) is 0 Å². The molecule has 13 heavy (non-hydrogen) atoms. The van der Waals surface area contributed by atoms with Crippen molar-refractivity contribution in [3.63, 3.8) is 0 Å². The summed E-state index contributed by atoms with van der Waals surface area (Å²) in [5.74, 6) is 0. The van der Waals surface area contributed by atoms with Crippen molar-refractivity contribution >= 4 is 11.4 Å². The Balaban J connectivity index is 2.75. The van der Waals surface area contributed by atoms with Crippen LogP contribution in [0.2, 0.25) is 0 Å². The molecule has 3 nitrogen and oxygen atoms in total. The Bertz CT molecular complexity index is 260. The van der Waals surface area contributed by atoms with Gasteiger partial charge in [0.1, 0.15) is 0 Å². The fraction of sp³-hybridized carbons (Fsp3) is 0.500.